The van der Waals surface area contributed by atoms with Crippen LogP contribution in [-0.4, -0.2) is 19.9 Å². The van der Waals surface area contributed by atoms with E-state index in [0.717, 1.165) is 67.5 Å². The molecule has 1 aliphatic heterocycles. The molecule has 4 aromatic heterocycles. The number of benzene rings is 3. The van der Waals surface area contributed by atoms with Gasteiger partial charge in [0.25, 0.3) is 0 Å². The highest BCUT2D eigenvalue weighted by molar-refractivity contribution is 6.15. The standard InChI is InChI=1S/C41H36N4/c1-40(2,3)26-20-28-29-21-27(41(4,5)6)23-31-36-18-25(24-12-8-7-9-13-24)19-37(44-36)35-17-11-16-34(43-35)33-15-10-14-32(42-33)30(22-26)38(28)45-39(29)31/h7-23,45H,1-6H3. The normalized spacial score (nSPS) is 12.7. The lowest BCUT2D eigenvalue weighted by Gasteiger charge is -2.21. The molecular weight excluding hydrogens is 548 g/mol. The zero-order valence-electron chi connectivity index (χ0n) is 26.7. The maximum Gasteiger partial charge on any atom is 0.0900 e. The number of nitrogens with zero attached hydrogens (tertiary/aromatic N) is 3. The lowest BCUT2D eigenvalue weighted by molar-refractivity contribution is 0.590. The molecule has 0 fully saturated rings. The Morgan fingerprint density at radius 1 is 0.422 bits per heavy atom. The maximum atomic E-state index is 5.34. The molecule has 4 heteroatoms. The van der Waals surface area contributed by atoms with Crippen molar-refractivity contribution in [1.82, 2.24) is 19.9 Å². The Morgan fingerprint density at radius 2 is 0.889 bits per heavy atom. The molecule has 5 heterocycles. The second-order valence-electron chi connectivity index (χ2n) is 14.3. The summed E-state index contributed by atoms with van der Waals surface area (Å²) >= 11 is 0. The van der Waals surface area contributed by atoms with E-state index in [0.29, 0.717) is 0 Å². The summed E-state index contributed by atoms with van der Waals surface area (Å²) in [5.41, 5.74) is 14.2. The van der Waals surface area contributed by atoms with Crippen LogP contribution in [0.5, 0.6) is 0 Å². The summed E-state index contributed by atoms with van der Waals surface area (Å²) in [5.74, 6) is 0. The highest BCUT2D eigenvalue weighted by Crippen LogP contribution is 2.43. The Labute approximate surface area is 264 Å². The van der Waals surface area contributed by atoms with Crippen LogP contribution in [0, 0.1) is 0 Å². The highest BCUT2D eigenvalue weighted by Gasteiger charge is 2.25. The molecule has 0 amide bonds. The number of aromatic nitrogens is 4. The second-order valence-corrected chi connectivity index (χ2v) is 14.3. The number of hydrogen-bond donors (Lipinski definition) is 1. The maximum absolute atomic E-state index is 5.34. The van der Waals surface area contributed by atoms with Crippen molar-refractivity contribution in [2.45, 2.75) is 52.4 Å². The predicted octanol–water partition coefficient (Wildman–Crippen LogP) is 10.7. The summed E-state index contributed by atoms with van der Waals surface area (Å²) in [6.07, 6.45) is 0. The summed E-state index contributed by atoms with van der Waals surface area (Å²) in [6, 6.07) is 36.7. The van der Waals surface area contributed by atoms with Gasteiger partial charge in [0.05, 0.1) is 45.2 Å². The third kappa shape index (κ3) is 4.64. The molecule has 0 saturated carbocycles. The number of pyridine rings is 3. The minimum absolute atomic E-state index is 0.0477. The molecule has 0 aliphatic carbocycles. The summed E-state index contributed by atoms with van der Waals surface area (Å²) in [7, 11) is 0. The average Bonchev–Trinajstić information content (AvgIpc) is 3.42. The first-order valence-corrected chi connectivity index (χ1v) is 15.7. The van der Waals surface area contributed by atoms with Crippen LogP contribution in [0.25, 0.3) is 78.2 Å². The minimum Gasteiger partial charge on any atom is -0.353 e. The summed E-state index contributed by atoms with van der Waals surface area (Å²) in [4.78, 5) is 19.6. The van der Waals surface area contributed by atoms with Crippen LogP contribution >= 0.6 is 0 Å². The predicted molar refractivity (Wildman–Crippen MR) is 187 cm³/mol. The van der Waals surface area contributed by atoms with Gasteiger partial charge in [-0.25, -0.2) is 15.0 Å². The first kappa shape index (κ1) is 27.5. The molecule has 220 valence electrons. The van der Waals surface area contributed by atoms with Gasteiger partial charge >= 0.3 is 0 Å². The van der Waals surface area contributed by atoms with Crippen LogP contribution in [0.4, 0.5) is 0 Å². The van der Waals surface area contributed by atoms with E-state index in [1.54, 1.807) is 0 Å². The van der Waals surface area contributed by atoms with E-state index >= 15 is 0 Å². The largest absolute Gasteiger partial charge is 0.353 e. The van der Waals surface area contributed by atoms with Crippen LogP contribution in [-0.2, 0) is 10.8 Å². The lowest BCUT2D eigenvalue weighted by Crippen LogP contribution is -2.11. The van der Waals surface area contributed by atoms with E-state index in [2.05, 4.69) is 131 Å². The topological polar surface area (TPSA) is 54.5 Å². The summed E-state index contributed by atoms with van der Waals surface area (Å²) < 4.78 is 0. The third-order valence-corrected chi connectivity index (χ3v) is 9.06. The van der Waals surface area contributed by atoms with Crippen molar-refractivity contribution in [1.29, 1.82) is 0 Å². The van der Waals surface area contributed by atoms with E-state index in [1.165, 1.54) is 21.9 Å². The first-order valence-electron chi connectivity index (χ1n) is 15.7. The Morgan fingerprint density at radius 3 is 1.47 bits per heavy atom. The molecule has 3 aromatic carbocycles. The number of H-pyrrole nitrogens is 1. The molecule has 0 spiro atoms. The number of hydrogen-bond acceptors (Lipinski definition) is 3. The molecule has 8 bridgehead atoms. The molecule has 4 nitrogen and oxygen atoms in total. The Kier molecular flexibility index (Phi) is 5.92. The van der Waals surface area contributed by atoms with E-state index in [-0.39, 0.29) is 10.8 Å². The van der Waals surface area contributed by atoms with Crippen LogP contribution in [0.1, 0.15) is 52.7 Å². The van der Waals surface area contributed by atoms with Gasteiger partial charge in [0.2, 0.25) is 0 Å². The second kappa shape index (κ2) is 9.70. The van der Waals surface area contributed by atoms with Crippen LogP contribution < -0.4 is 0 Å². The number of aromatic amines is 1. The van der Waals surface area contributed by atoms with Gasteiger partial charge in [-0.15, -0.1) is 0 Å². The molecule has 0 unspecified atom stereocenters. The highest BCUT2D eigenvalue weighted by atomic mass is 14.8. The van der Waals surface area contributed by atoms with Gasteiger partial charge in [-0.3, -0.25) is 0 Å². The summed E-state index contributed by atoms with van der Waals surface area (Å²) in [5, 5.41) is 2.41. The lowest BCUT2D eigenvalue weighted by atomic mass is 9.83. The zero-order valence-corrected chi connectivity index (χ0v) is 26.7. The molecule has 45 heavy (non-hydrogen) atoms. The number of rotatable bonds is 1. The van der Waals surface area contributed by atoms with E-state index in [4.69, 9.17) is 15.0 Å². The average molecular weight is 585 g/mol. The molecule has 0 radical (unpaired) electrons. The van der Waals surface area contributed by atoms with Gasteiger partial charge in [-0.05, 0) is 93.7 Å². The van der Waals surface area contributed by atoms with Gasteiger partial charge in [0, 0.05) is 21.9 Å². The fraction of sp³-hybridized carbons (Fsp3) is 0.195. The summed E-state index contributed by atoms with van der Waals surface area (Å²) in [6.45, 7) is 13.7. The van der Waals surface area contributed by atoms with Crippen molar-refractivity contribution in [3.8, 4) is 56.4 Å². The van der Waals surface area contributed by atoms with Crippen molar-refractivity contribution >= 4 is 21.8 Å². The van der Waals surface area contributed by atoms with Crippen LogP contribution in [0.2, 0.25) is 0 Å². The Hall–Kier alpha value is -5.09. The van der Waals surface area contributed by atoms with Crippen molar-refractivity contribution in [3.05, 3.63) is 114 Å². The van der Waals surface area contributed by atoms with Crippen LogP contribution in [0.15, 0.2) is 103 Å². The quantitative estimate of drug-likeness (QED) is 0.209. The van der Waals surface area contributed by atoms with Gasteiger partial charge in [-0.1, -0.05) is 84.0 Å². The van der Waals surface area contributed by atoms with Crippen molar-refractivity contribution in [2.24, 2.45) is 0 Å². The molecule has 1 aliphatic rings. The van der Waals surface area contributed by atoms with Crippen LogP contribution in [0.3, 0.4) is 0 Å². The Bertz CT molecular complexity index is 2280. The Balaban J connectivity index is 1.59. The fourth-order valence-corrected chi connectivity index (χ4v) is 6.42. The molecular formula is C41H36N4. The monoisotopic (exact) mass is 584 g/mol. The van der Waals surface area contributed by atoms with Crippen molar-refractivity contribution in [3.63, 3.8) is 0 Å². The number of fused-ring (bicyclic) bond motifs is 11. The van der Waals surface area contributed by atoms with E-state index in [9.17, 15) is 0 Å². The van der Waals surface area contributed by atoms with Gasteiger partial charge in [-0.2, -0.15) is 0 Å². The van der Waals surface area contributed by atoms with Gasteiger partial charge < -0.3 is 4.98 Å². The third-order valence-electron chi connectivity index (χ3n) is 9.06. The molecule has 8 rings (SSSR count). The number of nitrogens with one attached hydrogen (secondary N) is 1. The van der Waals surface area contributed by atoms with Crippen molar-refractivity contribution in [2.75, 3.05) is 0 Å². The molecule has 0 atom stereocenters. The SMILES string of the molecule is CC(C)(C)c1cc2c3[nH]c4c(cc(C(C)(C)C)cc4c3c1)-c1cc(-c3ccccc3)cc(n1)-c1cccc(n1)-c1cccc-2n1. The van der Waals surface area contributed by atoms with Gasteiger partial charge in [0.15, 0.2) is 0 Å². The zero-order chi connectivity index (χ0) is 31.1. The first-order chi connectivity index (χ1) is 21.5. The van der Waals surface area contributed by atoms with E-state index < -0.39 is 0 Å². The molecule has 1 N–H and O–H groups in total. The smallest absolute Gasteiger partial charge is 0.0900 e. The van der Waals surface area contributed by atoms with Gasteiger partial charge in [0.1, 0.15) is 0 Å². The molecule has 7 aromatic rings. The minimum atomic E-state index is -0.0639. The van der Waals surface area contributed by atoms with Crippen molar-refractivity contribution < 1.29 is 0 Å². The molecule has 0 saturated heterocycles. The van der Waals surface area contributed by atoms with E-state index in [1.807, 2.05) is 18.2 Å². The fourth-order valence-electron chi connectivity index (χ4n) is 6.42.